The van der Waals surface area contributed by atoms with Gasteiger partial charge in [-0.2, -0.15) is 0 Å². The Morgan fingerprint density at radius 1 is 1.33 bits per heavy atom. The third-order valence-electron chi connectivity index (χ3n) is 2.27. The molecule has 0 aliphatic carbocycles. The lowest BCUT2D eigenvalue weighted by molar-refractivity contribution is -0.112. The second-order valence-electron chi connectivity index (χ2n) is 4.83. The van der Waals surface area contributed by atoms with Gasteiger partial charge in [0.1, 0.15) is 11.9 Å². The topological polar surface area (TPSA) is 46.6 Å². The van der Waals surface area contributed by atoms with E-state index in [4.69, 9.17) is 4.74 Å². The average Bonchev–Trinajstić information content (AvgIpc) is 2.11. The summed E-state index contributed by atoms with van der Waals surface area (Å²) >= 11 is 0. The van der Waals surface area contributed by atoms with Crippen molar-refractivity contribution in [3.05, 3.63) is 0 Å². The summed E-state index contributed by atoms with van der Waals surface area (Å²) < 4.78 is 5.19. The summed E-state index contributed by atoms with van der Waals surface area (Å²) in [6, 6.07) is -0.155. The fraction of sp³-hybridized carbons (Fsp3) is 0.818. The van der Waals surface area contributed by atoms with Gasteiger partial charge in [-0.05, 0) is 27.7 Å². The number of aldehydes is 1. The third-order valence-corrected chi connectivity index (χ3v) is 2.27. The molecule has 0 aliphatic heterocycles. The number of carbonyl (C=O) groups is 2. The maximum atomic E-state index is 11.6. The second-order valence-corrected chi connectivity index (χ2v) is 4.83. The SMILES string of the molecule is CC(C=O)C(C)N(C)C(=O)OC(C)(C)C. The standard InChI is InChI=1S/C11H21NO3/c1-8(7-13)9(2)12(6)10(14)15-11(3,4)5/h7-9H,1-6H3. The molecule has 2 atom stereocenters. The average molecular weight is 215 g/mol. The molecule has 4 heteroatoms. The molecule has 0 aromatic carbocycles. The van der Waals surface area contributed by atoms with Crippen LogP contribution in [0, 0.1) is 5.92 Å². The van der Waals surface area contributed by atoms with Gasteiger partial charge in [0.25, 0.3) is 0 Å². The first-order valence-electron chi connectivity index (χ1n) is 5.10. The monoisotopic (exact) mass is 215 g/mol. The minimum Gasteiger partial charge on any atom is -0.444 e. The Kier molecular flexibility index (Phi) is 4.78. The van der Waals surface area contributed by atoms with E-state index in [1.54, 1.807) is 14.0 Å². The number of nitrogens with zero attached hydrogens (tertiary/aromatic N) is 1. The molecule has 15 heavy (non-hydrogen) atoms. The van der Waals surface area contributed by atoms with Gasteiger partial charge in [-0.3, -0.25) is 0 Å². The number of hydrogen-bond donors (Lipinski definition) is 0. The van der Waals surface area contributed by atoms with Crippen LogP contribution in [0.5, 0.6) is 0 Å². The third kappa shape index (κ3) is 4.81. The quantitative estimate of drug-likeness (QED) is 0.677. The zero-order valence-corrected chi connectivity index (χ0v) is 10.4. The number of amides is 1. The first-order valence-corrected chi connectivity index (χ1v) is 5.10. The molecule has 0 fully saturated rings. The second kappa shape index (κ2) is 5.14. The predicted molar refractivity (Wildman–Crippen MR) is 58.7 cm³/mol. The molecule has 0 bridgehead atoms. The summed E-state index contributed by atoms with van der Waals surface area (Å²) in [5, 5.41) is 0. The molecule has 88 valence electrons. The molecule has 0 saturated heterocycles. The van der Waals surface area contributed by atoms with Crippen LogP contribution in [-0.2, 0) is 9.53 Å². The molecule has 2 unspecified atom stereocenters. The summed E-state index contributed by atoms with van der Waals surface area (Å²) in [6.07, 6.45) is 0.439. The highest BCUT2D eigenvalue weighted by Crippen LogP contribution is 2.13. The van der Waals surface area contributed by atoms with E-state index < -0.39 is 11.7 Å². The van der Waals surface area contributed by atoms with Crippen LogP contribution < -0.4 is 0 Å². The molecule has 0 radical (unpaired) electrons. The van der Waals surface area contributed by atoms with E-state index in [0.717, 1.165) is 6.29 Å². The lowest BCUT2D eigenvalue weighted by atomic mass is 10.1. The van der Waals surface area contributed by atoms with Gasteiger partial charge in [0.05, 0.1) is 0 Å². The van der Waals surface area contributed by atoms with Crippen molar-refractivity contribution in [3.63, 3.8) is 0 Å². The maximum Gasteiger partial charge on any atom is 0.410 e. The van der Waals surface area contributed by atoms with Gasteiger partial charge in [-0.15, -0.1) is 0 Å². The molecular formula is C11H21NO3. The Morgan fingerprint density at radius 2 is 1.80 bits per heavy atom. The van der Waals surface area contributed by atoms with Crippen molar-refractivity contribution in [3.8, 4) is 0 Å². The van der Waals surface area contributed by atoms with Crippen LogP contribution in [0.2, 0.25) is 0 Å². The van der Waals surface area contributed by atoms with Crippen molar-refractivity contribution < 1.29 is 14.3 Å². The van der Waals surface area contributed by atoms with E-state index in [1.807, 2.05) is 27.7 Å². The van der Waals surface area contributed by atoms with Crippen LogP contribution in [0.4, 0.5) is 4.79 Å². The number of carbonyl (C=O) groups excluding carboxylic acids is 2. The Bertz CT molecular complexity index is 232. The molecule has 4 nitrogen and oxygen atoms in total. The summed E-state index contributed by atoms with van der Waals surface area (Å²) in [4.78, 5) is 23.6. The van der Waals surface area contributed by atoms with Crippen LogP contribution >= 0.6 is 0 Å². The first-order chi connectivity index (χ1) is 6.69. The molecule has 0 rings (SSSR count). The lowest BCUT2D eigenvalue weighted by Crippen LogP contribution is -2.42. The zero-order valence-electron chi connectivity index (χ0n) is 10.4. The zero-order chi connectivity index (χ0) is 12.2. The molecule has 0 saturated carbocycles. The summed E-state index contributed by atoms with van der Waals surface area (Å²) in [5.41, 5.74) is -0.504. The first kappa shape index (κ1) is 13.9. The molecular weight excluding hydrogens is 194 g/mol. The lowest BCUT2D eigenvalue weighted by Gasteiger charge is -2.30. The molecule has 0 aromatic rings. The molecule has 0 heterocycles. The molecule has 0 aromatic heterocycles. The fourth-order valence-corrected chi connectivity index (χ4v) is 0.967. The molecule has 0 spiro atoms. The van der Waals surface area contributed by atoms with E-state index in [0.29, 0.717) is 0 Å². The molecule has 0 N–H and O–H groups in total. The Labute approximate surface area is 91.6 Å². The van der Waals surface area contributed by atoms with Crippen molar-refractivity contribution in [2.45, 2.75) is 46.3 Å². The highest BCUT2D eigenvalue weighted by molar-refractivity contribution is 5.69. The Hall–Kier alpha value is -1.06. The normalized spacial score (nSPS) is 15.3. The van der Waals surface area contributed by atoms with Gasteiger partial charge in [0.15, 0.2) is 0 Å². The van der Waals surface area contributed by atoms with E-state index in [2.05, 4.69) is 0 Å². The van der Waals surface area contributed by atoms with Crippen LogP contribution in [-0.4, -0.2) is 36.0 Å². The van der Waals surface area contributed by atoms with Crippen molar-refractivity contribution in [1.29, 1.82) is 0 Å². The Morgan fingerprint density at radius 3 is 2.13 bits per heavy atom. The van der Waals surface area contributed by atoms with E-state index in [9.17, 15) is 9.59 Å². The van der Waals surface area contributed by atoms with Crippen LogP contribution in [0.3, 0.4) is 0 Å². The van der Waals surface area contributed by atoms with Gasteiger partial charge in [0.2, 0.25) is 0 Å². The number of ether oxygens (including phenoxy) is 1. The van der Waals surface area contributed by atoms with Gasteiger partial charge in [0, 0.05) is 19.0 Å². The van der Waals surface area contributed by atoms with Crippen molar-refractivity contribution >= 4 is 12.4 Å². The van der Waals surface area contributed by atoms with E-state index >= 15 is 0 Å². The summed E-state index contributed by atoms with van der Waals surface area (Å²) in [5.74, 6) is -0.192. The fourth-order valence-electron chi connectivity index (χ4n) is 0.967. The van der Waals surface area contributed by atoms with Gasteiger partial charge in [-0.1, -0.05) is 6.92 Å². The van der Waals surface area contributed by atoms with Crippen LogP contribution in [0.15, 0.2) is 0 Å². The van der Waals surface area contributed by atoms with E-state index in [-0.39, 0.29) is 12.0 Å². The minimum absolute atomic E-state index is 0.155. The predicted octanol–water partition coefficient (Wildman–Crippen LogP) is 2.08. The number of hydrogen-bond acceptors (Lipinski definition) is 3. The van der Waals surface area contributed by atoms with Crippen molar-refractivity contribution in [1.82, 2.24) is 4.90 Å². The minimum atomic E-state index is -0.504. The highest BCUT2D eigenvalue weighted by atomic mass is 16.6. The Balaban J connectivity index is 4.38. The van der Waals surface area contributed by atoms with Gasteiger partial charge >= 0.3 is 6.09 Å². The van der Waals surface area contributed by atoms with Crippen LogP contribution in [0.1, 0.15) is 34.6 Å². The highest BCUT2D eigenvalue weighted by Gasteiger charge is 2.25. The number of rotatable bonds is 3. The van der Waals surface area contributed by atoms with Crippen LogP contribution in [0.25, 0.3) is 0 Å². The summed E-state index contributed by atoms with van der Waals surface area (Å²) in [7, 11) is 1.64. The van der Waals surface area contributed by atoms with Gasteiger partial charge < -0.3 is 14.4 Å². The van der Waals surface area contributed by atoms with Crippen molar-refractivity contribution in [2.75, 3.05) is 7.05 Å². The van der Waals surface area contributed by atoms with E-state index in [1.165, 1.54) is 4.90 Å². The maximum absolute atomic E-state index is 11.6. The van der Waals surface area contributed by atoms with Gasteiger partial charge in [-0.25, -0.2) is 4.79 Å². The van der Waals surface area contributed by atoms with Crippen molar-refractivity contribution in [2.24, 2.45) is 5.92 Å². The summed E-state index contributed by atoms with van der Waals surface area (Å²) in [6.45, 7) is 9.03. The smallest absolute Gasteiger partial charge is 0.410 e. The molecule has 1 amide bonds. The molecule has 0 aliphatic rings. The largest absolute Gasteiger partial charge is 0.444 e.